The minimum absolute atomic E-state index is 0.0727. The number of aromatic nitrogens is 1. The van der Waals surface area contributed by atoms with Gasteiger partial charge in [0.2, 0.25) is 0 Å². The normalized spacial score (nSPS) is 11.8. The van der Waals surface area contributed by atoms with Crippen molar-refractivity contribution in [3.63, 3.8) is 0 Å². The van der Waals surface area contributed by atoms with Crippen LogP contribution in [0.25, 0.3) is 0 Å². The Kier molecular flexibility index (Phi) is 4.44. The van der Waals surface area contributed by atoms with Gasteiger partial charge in [-0.2, -0.15) is 0 Å². The molecule has 4 N–H and O–H groups in total. The molecule has 0 aliphatic heterocycles. The summed E-state index contributed by atoms with van der Waals surface area (Å²) in [5.41, 5.74) is -0.710. The Bertz CT molecular complexity index is 509. The molecular formula is C10H12N2O6. The Morgan fingerprint density at radius 3 is 2.67 bits per heavy atom. The van der Waals surface area contributed by atoms with Crippen LogP contribution in [0.3, 0.4) is 0 Å². The summed E-state index contributed by atoms with van der Waals surface area (Å²) in [5.74, 6) is -2.35. The highest BCUT2D eigenvalue weighted by Gasteiger charge is 2.18. The number of aromatic hydroxyl groups is 1. The fraction of sp³-hybridized carbons (Fsp3) is 0.300. The molecule has 1 unspecified atom stereocenters. The molecule has 1 amide bonds. The minimum atomic E-state index is -1.22. The van der Waals surface area contributed by atoms with E-state index in [1.165, 1.54) is 7.11 Å². The zero-order valence-electron chi connectivity index (χ0n) is 9.47. The van der Waals surface area contributed by atoms with Crippen molar-refractivity contribution in [3.05, 3.63) is 28.0 Å². The maximum Gasteiger partial charge on any atom is 0.334 e. The zero-order chi connectivity index (χ0) is 13.7. The molecular weight excluding hydrogens is 244 g/mol. The topological polar surface area (TPSA) is 129 Å². The van der Waals surface area contributed by atoms with E-state index in [1.807, 2.05) is 0 Å². The standard InChI is InChI=1S/C10H12N2O6/c1-18-6(10(16)17)4-11-9(15)5-2-7(13)12-8(14)3-5/h2-3,6H,4H2,1H3,(H,11,15)(H,16,17)(H2,12,13,14). The summed E-state index contributed by atoms with van der Waals surface area (Å²) in [6.45, 7) is -0.252. The number of carboxylic acids is 1. The average molecular weight is 256 g/mol. The highest BCUT2D eigenvalue weighted by molar-refractivity contribution is 5.94. The van der Waals surface area contributed by atoms with Crippen molar-refractivity contribution >= 4 is 11.9 Å². The Labute approximate surface area is 101 Å². The van der Waals surface area contributed by atoms with Crippen LogP contribution < -0.4 is 10.9 Å². The van der Waals surface area contributed by atoms with E-state index in [0.717, 1.165) is 12.1 Å². The van der Waals surface area contributed by atoms with Crippen LogP contribution in [0.1, 0.15) is 10.4 Å². The molecule has 0 aliphatic rings. The number of H-pyrrole nitrogens is 1. The molecule has 0 aromatic carbocycles. The van der Waals surface area contributed by atoms with Gasteiger partial charge in [0, 0.05) is 19.2 Å². The molecule has 1 aromatic heterocycles. The zero-order valence-corrected chi connectivity index (χ0v) is 9.47. The molecule has 0 fully saturated rings. The third-order valence-electron chi connectivity index (χ3n) is 2.10. The number of pyridine rings is 1. The van der Waals surface area contributed by atoms with Crippen LogP contribution in [-0.2, 0) is 9.53 Å². The van der Waals surface area contributed by atoms with Crippen molar-refractivity contribution < 1.29 is 24.5 Å². The van der Waals surface area contributed by atoms with Crippen LogP contribution in [0, 0.1) is 0 Å². The average Bonchev–Trinajstić information content (AvgIpc) is 2.27. The van der Waals surface area contributed by atoms with E-state index < -0.39 is 29.4 Å². The highest BCUT2D eigenvalue weighted by Crippen LogP contribution is 2.03. The minimum Gasteiger partial charge on any atom is -0.494 e. The highest BCUT2D eigenvalue weighted by atomic mass is 16.5. The number of aliphatic carboxylic acids is 1. The molecule has 1 rings (SSSR count). The molecule has 0 saturated carbocycles. The quantitative estimate of drug-likeness (QED) is 0.530. The lowest BCUT2D eigenvalue weighted by Crippen LogP contribution is -2.38. The van der Waals surface area contributed by atoms with Crippen LogP contribution >= 0.6 is 0 Å². The van der Waals surface area contributed by atoms with Crippen molar-refractivity contribution in [2.24, 2.45) is 0 Å². The second-order valence-corrected chi connectivity index (χ2v) is 3.39. The Balaban J connectivity index is 2.71. The monoisotopic (exact) mass is 256 g/mol. The lowest BCUT2D eigenvalue weighted by atomic mass is 10.2. The first-order valence-corrected chi connectivity index (χ1v) is 4.91. The molecule has 1 atom stereocenters. The summed E-state index contributed by atoms with van der Waals surface area (Å²) >= 11 is 0. The second kappa shape index (κ2) is 5.82. The summed E-state index contributed by atoms with van der Waals surface area (Å²) in [4.78, 5) is 35.2. The number of aromatic amines is 1. The van der Waals surface area contributed by atoms with E-state index in [4.69, 9.17) is 10.2 Å². The number of carbonyl (C=O) groups excluding carboxylic acids is 1. The van der Waals surface area contributed by atoms with Crippen molar-refractivity contribution in [2.75, 3.05) is 13.7 Å². The Morgan fingerprint density at radius 1 is 1.50 bits per heavy atom. The van der Waals surface area contributed by atoms with Crippen molar-refractivity contribution in [3.8, 4) is 5.88 Å². The molecule has 18 heavy (non-hydrogen) atoms. The van der Waals surface area contributed by atoms with Crippen molar-refractivity contribution in [1.82, 2.24) is 10.3 Å². The summed E-state index contributed by atoms with van der Waals surface area (Å²) in [7, 11) is 1.20. The molecule has 0 bridgehead atoms. The van der Waals surface area contributed by atoms with Gasteiger partial charge in [0.05, 0.1) is 12.1 Å². The molecule has 8 heteroatoms. The van der Waals surface area contributed by atoms with Gasteiger partial charge in [-0.1, -0.05) is 0 Å². The Morgan fingerprint density at radius 2 is 2.17 bits per heavy atom. The number of nitrogens with one attached hydrogen (secondary N) is 2. The number of rotatable bonds is 5. The SMILES string of the molecule is COC(CNC(=O)c1cc(O)[nH]c(=O)c1)C(=O)O. The maximum absolute atomic E-state index is 11.6. The lowest BCUT2D eigenvalue weighted by molar-refractivity contribution is -0.148. The van der Waals surface area contributed by atoms with Crippen LogP contribution in [0.15, 0.2) is 16.9 Å². The predicted molar refractivity (Wildman–Crippen MR) is 59.5 cm³/mol. The summed E-state index contributed by atoms with van der Waals surface area (Å²) in [6, 6.07) is 2.04. The Hall–Kier alpha value is -2.35. The van der Waals surface area contributed by atoms with Gasteiger partial charge in [-0.05, 0) is 0 Å². The van der Waals surface area contributed by atoms with Gasteiger partial charge in [-0.3, -0.25) is 14.6 Å². The van der Waals surface area contributed by atoms with Crippen LogP contribution in [0.5, 0.6) is 5.88 Å². The maximum atomic E-state index is 11.6. The molecule has 1 aromatic rings. The number of ether oxygens (including phenoxy) is 1. The molecule has 0 aliphatic carbocycles. The van der Waals surface area contributed by atoms with Crippen LogP contribution in [0.2, 0.25) is 0 Å². The van der Waals surface area contributed by atoms with Gasteiger partial charge < -0.3 is 20.3 Å². The fourth-order valence-corrected chi connectivity index (χ4v) is 1.22. The summed E-state index contributed by atoms with van der Waals surface area (Å²) in [6.07, 6.45) is -1.18. The van der Waals surface area contributed by atoms with E-state index in [0.29, 0.717) is 0 Å². The first-order valence-electron chi connectivity index (χ1n) is 4.91. The molecule has 0 radical (unpaired) electrons. The first-order chi connectivity index (χ1) is 8.43. The van der Waals surface area contributed by atoms with E-state index >= 15 is 0 Å². The van der Waals surface area contributed by atoms with E-state index in [2.05, 4.69) is 15.0 Å². The van der Waals surface area contributed by atoms with Crippen LogP contribution in [0.4, 0.5) is 0 Å². The number of carbonyl (C=O) groups is 2. The smallest absolute Gasteiger partial charge is 0.334 e. The third-order valence-corrected chi connectivity index (χ3v) is 2.10. The number of hydrogen-bond donors (Lipinski definition) is 4. The molecule has 0 spiro atoms. The van der Waals surface area contributed by atoms with Gasteiger partial charge in [0.15, 0.2) is 12.0 Å². The third kappa shape index (κ3) is 3.59. The molecule has 8 nitrogen and oxygen atoms in total. The molecule has 98 valence electrons. The summed E-state index contributed by atoms with van der Waals surface area (Å²) < 4.78 is 4.61. The van der Waals surface area contributed by atoms with Gasteiger partial charge in [0.1, 0.15) is 0 Å². The second-order valence-electron chi connectivity index (χ2n) is 3.39. The van der Waals surface area contributed by atoms with E-state index in [9.17, 15) is 14.4 Å². The fourth-order valence-electron chi connectivity index (χ4n) is 1.22. The number of carboxylic acid groups (broad SMARTS) is 1. The number of methoxy groups -OCH3 is 1. The number of hydrogen-bond acceptors (Lipinski definition) is 5. The van der Waals surface area contributed by atoms with E-state index in [1.54, 1.807) is 0 Å². The lowest BCUT2D eigenvalue weighted by Gasteiger charge is -2.11. The van der Waals surface area contributed by atoms with Crippen molar-refractivity contribution in [1.29, 1.82) is 0 Å². The predicted octanol–water partition coefficient (Wildman–Crippen LogP) is -1.09. The van der Waals surface area contributed by atoms with Crippen LogP contribution in [-0.4, -0.2) is 46.8 Å². The molecule has 0 saturated heterocycles. The van der Waals surface area contributed by atoms with E-state index in [-0.39, 0.29) is 12.1 Å². The summed E-state index contributed by atoms with van der Waals surface area (Å²) in [5, 5.41) is 20.1. The largest absolute Gasteiger partial charge is 0.494 e. The van der Waals surface area contributed by atoms with Gasteiger partial charge >= 0.3 is 5.97 Å². The van der Waals surface area contributed by atoms with Crippen molar-refractivity contribution in [2.45, 2.75) is 6.10 Å². The molecule has 1 heterocycles. The first kappa shape index (κ1) is 13.7. The number of amides is 1. The van der Waals surface area contributed by atoms with Gasteiger partial charge in [-0.15, -0.1) is 0 Å². The van der Waals surface area contributed by atoms with Gasteiger partial charge in [0.25, 0.3) is 11.5 Å². The van der Waals surface area contributed by atoms with Gasteiger partial charge in [-0.25, -0.2) is 4.79 Å².